The van der Waals surface area contributed by atoms with Gasteiger partial charge in [0.25, 0.3) is 0 Å². The van der Waals surface area contributed by atoms with E-state index in [2.05, 4.69) is 41.4 Å². The van der Waals surface area contributed by atoms with E-state index in [1.54, 1.807) is 0 Å². The molecule has 3 rings (SSSR count). The number of hydrogen-bond acceptors (Lipinski definition) is 1. The Morgan fingerprint density at radius 1 is 1.14 bits per heavy atom. The van der Waals surface area contributed by atoms with Crippen molar-refractivity contribution in [3.8, 4) is 0 Å². The highest BCUT2D eigenvalue weighted by molar-refractivity contribution is 5.43. The zero-order valence-electron chi connectivity index (χ0n) is 8.32. The van der Waals surface area contributed by atoms with Crippen molar-refractivity contribution in [2.75, 3.05) is 6.54 Å². The van der Waals surface area contributed by atoms with Crippen LogP contribution < -0.4 is 0 Å². The molecule has 0 aromatic heterocycles. The van der Waals surface area contributed by atoms with E-state index in [0.29, 0.717) is 6.04 Å². The molecule has 14 heavy (non-hydrogen) atoms. The molecule has 0 saturated carbocycles. The molecule has 2 heterocycles. The Labute approximate surface area is 85.1 Å². The van der Waals surface area contributed by atoms with Gasteiger partial charge in [0.1, 0.15) is 0 Å². The lowest BCUT2D eigenvalue weighted by molar-refractivity contribution is 0.267. The van der Waals surface area contributed by atoms with E-state index in [9.17, 15) is 0 Å². The molecule has 2 aliphatic heterocycles. The van der Waals surface area contributed by atoms with Crippen molar-refractivity contribution in [2.45, 2.75) is 25.3 Å². The molecule has 1 atom stereocenters. The smallest absolute Gasteiger partial charge is 0.0726 e. The first-order valence-electron chi connectivity index (χ1n) is 5.47. The summed E-state index contributed by atoms with van der Waals surface area (Å²) in [5, 5.41) is 0. The van der Waals surface area contributed by atoms with Gasteiger partial charge in [0.15, 0.2) is 0 Å². The SMILES string of the molecule is C1=CC2=CC=C3CCCCN3C2C=C1. The minimum absolute atomic E-state index is 0.528. The zero-order valence-corrected chi connectivity index (χ0v) is 8.32. The van der Waals surface area contributed by atoms with Crippen LogP contribution in [-0.2, 0) is 0 Å². The molecule has 0 radical (unpaired) electrons. The maximum absolute atomic E-state index is 2.55. The van der Waals surface area contributed by atoms with Gasteiger partial charge in [-0.15, -0.1) is 0 Å². The molecule has 1 heteroatoms. The first-order valence-corrected chi connectivity index (χ1v) is 5.47. The molecule has 1 saturated heterocycles. The summed E-state index contributed by atoms with van der Waals surface area (Å²) in [6, 6.07) is 0.528. The number of fused-ring (bicyclic) bond motifs is 3. The summed E-state index contributed by atoms with van der Waals surface area (Å²) in [6.07, 6.45) is 17.4. The molecule has 3 aliphatic rings. The highest BCUT2D eigenvalue weighted by Crippen LogP contribution is 2.31. The van der Waals surface area contributed by atoms with E-state index < -0.39 is 0 Å². The lowest BCUT2D eigenvalue weighted by Gasteiger charge is -2.40. The molecule has 0 bridgehead atoms. The highest BCUT2D eigenvalue weighted by Gasteiger charge is 2.26. The van der Waals surface area contributed by atoms with Gasteiger partial charge in [-0.3, -0.25) is 0 Å². The summed E-state index contributed by atoms with van der Waals surface area (Å²) in [5.41, 5.74) is 2.98. The van der Waals surface area contributed by atoms with E-state index in [-0.39, 0.29) is 0 Å². The predicted octanol–water partition coefficient (Wildman–Crippen LogP) is 2.79. The third kappa shape index (κ3) is 1.16. The Kier molecular flexibility index (Phi) is 1.83. The van der Waals surface area contributed by atoms with Gasteiger partial charge in [0.2, 0.25) is 0 Å². The second-order valence-corrected chi connectivity index (χ2v) is 4.16. The number of piperidine rings is 1. The Hall–Kier alpha value is -1.24. The molecule has 0 aromatic rings. The van der Waals surface area contributed by atoms with Crippen LogP contribution in [0.4, 0.5) is 0 Å². The van der Waals surface area contributed by atoms with Gasteiger partial charge in [0, 0.05) is 12.2 Å². The summed E-state index contributed by atoms with van der Waals surface area (Å²) in [5.74, 6) is 0. The first kappa shape index (κ1) is 8.10. The lowest BCUT2D eigenvalue weighted by Crippen LogP contribution is -2.39. The topological polar surface area (TPSA) is 3.24 Å². The van der Waals surface area contributed by atoms with Crippen LogP contribution in [-0.4, -0.2) is 17.5 Å². The van der Waals surface area contributed by atoms with E-state index >= 15 is 0 Å². The largest absolute Gasteiger partial charge is 0.364 e. The van der Waals surface area contributed by atoms with E-state index in [4.69, 9.17) is 0 Å². The molecule has 1 aliphatic carbocycles. The van der Waals surface area contributed by atoms with Gasteiger partial charge in [0.05, 0.1) is 6.04 Å². The van der Waals surface area contributed by atoms with Crippen molar-refractivity contribution in [1.82, 2.24) is 4.90 Å². The van der Waals surface area contributed by atoms with Crippen LogP contribution in [0.25, 0.3) is 0 Å². The minimum Gasteiger partial charge on any atom is -0.364 e. The number of hydrogen-bond donors (Lipinski definition) is 0. The summed E-state index contributed by atoms with van der Waals surface area (Å²) < 4.78 is 0. The average Bonchev–Trinajstić information content (AvgIpc) is 2.29. The third-order valence-electron chi connectivity index (χ3n) is 3.29. The van der Waals surface area contributed by atoms with Crippen LogP contribution >= 0.6 is 0 Å². The van der Waals surface area contributed by atoms with Crippen LogP contribution in [0, 0.1) is 0 Å². The molecular weight excluding hydrogens is 170 g/mol. The highest BCUT2D eigenvalue weighted by atomic mass is 15.2. The normalized spacial score (nSPS) is 29.1. The van der Waals surface area contributed by atoms with Gasteiger partial charge < -0.3 is 4.90 Å². The number of nitrogens with zero attached hydrogens (tertiary/aromatic N) is 1. The number of allylic oxidation sites excluding steroid dienone is 5. The standard InChI is InChI=1S/C13H15N/c1-2-7-13-11(5-1)8-9-12-6-3-4-10-14(12)13/h1-2,5,7-9,13H,3-4,6,10H2. The zero-order chi connectivity index (χ0) is 9.38. The monoisotopic (exact) mass is 185 g/mol. The van der Waals surface area contributed by atoms with Gasteiger partial charge in [-0.1, -0.05) is 30.4 Å². The minimum atomic E-state index is 0.528. The summed E-state index contributed by atoms with van der Waals surface area (Å²) in [4.78, 5) is 2.55. The van der Waals surface area contributed by atoms with Crippen LogP contribution in [0.3, 0.4) is 0 Å². The molecular formula is C13H15N. The molecule has 0 aromatic carbocycles. The summed E-state index contributed by atoms with van der Waals surface area (Å²) in [6.45, 7) is 1.23. The fourth-order valence-corrected chi connectivity index (χ4v) is 2.55. The maximum atomic E-state index is 2.55. The van der Waals surface area contributed by atoms with E-state index in [0.717, 1.165) is 0 Å². The van der Waals surface area contributed by atoms with Crippen LogP contribution in [0.1, 0.15) is 19.3 Å². The molecule has 72 valence electrons. The second kappa shape index (κ2) is 3.16. The molecule has 1 unspecified atom stereocenters. The Balaban J connectivity index is 1.98. The van der Waals surface area contributed by atoms with E-state index in [1.807, 2.05) is 0 Å². The van der Waals surface area contributed by atoms with Crippen LogP contribution in [0.2, 0.25) is 0 Å². The van der Waals surface area contributed by atoms with E-state index in [1.165, 1.54) is 37.1 Å². The molecule has 0 N–H and O–H groups in total. The van der Waals surface area contributed by atoms with Crippen molar-refractivity contribution in [3.63, 3.8) is 0 Å². The summed E-state index contributed by atoms with van der Waals surface area (Å²) in [7, 11) is 0. The van der Waals surface area contributed by atoms with Gasteiger partial charge in [-0.2, -0.15) is 0 Å². The van der Waals surface area contributed by atoms with Gasteiger partial charge in [-0.25, -0.2) is 0 Å². The fourth-order valence-electron chi connectivity index (χ4n) is 2.55. The number of rotatable bonds is 0. The molecule has 0 spiro atoms. The van der Waals surface area contributed by atoms with Crippen LogP contribution in [0.5, 0.6) is 0 Å². The van der Waals surface area contributed by atoms with Gasteiger partial charge >= 0.3 is 0 Å². The van der Waals surface area contributed by atoms with Crippen molar-refractivity contribution < 1.29 is 0 Å². The molecule has 0 amide bonds. The second-order valence-electron chi connectivity index (χ2n) is 4.16. The Morgan fingerprint density at radius 3 is 3.14 bits per heavy atom. The quantitative estimate of drug-likeness (QED) is 0.561. The predicted molar refractivity (Wildman–Crippen MR) is 58.8 cm³/mol. The van der Waals surface area contributed by atoms with Gasteiger partial charge in [-0.05, 0) is 30.9 Å². The van der Waals surface area contributed by atoms with Crippen LogP contribution in [0.15, 0.2) is 47.7 Å². The maximum Gasteiger partial charge on any atom is 0.0726 e. The Bertz CT molecular complexity index is 357. The molecule has 1 fully saturated rings. The Morgan fingerprint density at radius 2 is 2.14 bits per heavy atom. The first-order chi connectivity index (χ1) is 6.95. The fraction of sp³-hybridized carbons (Fsp3) is 0.385. The lowest BCUT2D eigenvalue weighted by atomic mass is 9.92. The van der Waals surface area contributed by atoms with Crippen molar-refractivity contribution in [2.24, 2.45) is 0 Å². The van der Waals surface area contributed by atoms with Crippen molar-refractivity contribution in [1.29, 1.82) is 0 Å². The van der Waals surface area contributed by atoms with Crippen molar-refractivity contribution >= 4 is 0 Å². The average molecular weight is 185 g/mol. The summed E-state index contributed by atoms with van der Waals surface area (Å²) >= 11 is 0. The third-order valence-corrected chi connectivity index (χ3v) is 3.29. The molecule has 1 nitrogen and oxygen atoms in total. The van der Waals surface area contributed by atoms with Crippen molar-refractivity contribution in [3.05, 3.63) is 47.7 Å².